The van der Waals surface area contributed by atoms with Crippen molar-refractivity contribution in [2.45, 2.75) is 27.2 Å². The molecule has 4 heteroatoms. The van der Waals surface area contributed by atoms with E-state index in [9.17, 15) is 0 Å². The van der Waals surface area contributed by atoms with Gasteiger partial charge in [-0.1, -0.05) is 30.3 Å². The maximum absolute atomic E-state index is 8.32. The van der Waals surface area contributed by atoms with Crippen molar-refractivity contribution in [3.8, 4) is 5.75 Å². The number of benzene rings is 2. The molecule has 4 nitrogen and oxygen atoms in total. The summed E-state index contributed by atoms with van der Waals surface area (Å²) in [6, 6.07) is 12.2. The van der Waals surface area contributed by atoms with Gasteiger partial charge in [0.2, 0.25) is 0 Å². The van der Waals surface area contributed by atoms with Gasteiger partial charge in [-0.05, 0) is 32.4 Å². The van der Waals surface area contributed by atoms with Crippen LogP contribution in [0.5, 0.6) is 5.75 Å². The van der Waals surface area contributed by atoms with Crippen LogP contribution < -0.4 is 10.6 Å². The predicted molar refractivity (Wildman–Crippen MR) is 107 cm³/mol. The van der Waals surface area contributed by atoms with Gasteiger partial charge in [-0.25, -0.2) is 4.99 Å². The van der Waals surface area contributed by atoms with Crippen LogP contribution in [0.4, 0.5) is 11.4 Å². The number of rotatable bonds is 5. The molecule has 0 saturated carbocycles. The quantitative estimate of drug-likeness (QED) is 0.798. The van der Waals surface area contributed by atoms with E-state index in [0.717, 1.165) is 47.7 Å². The van der Waals surface area contributed by atoms with Crippen LogP contribution >= 0.6 is 0 Å². The number of hydrogen-bond acceptors (Lipinski definition) is 3. The maximum Gasteiger partial charge on any atom is 0.282 e. The molecule has 0 heterocycles. The average Bonchev–Trinajstić information content (AvgIpc) is 2.61. The van der Waals surface area contributed by atoms with Gasteiger partial charge in [0, 0.05) is 42.0 Å². The SMILES string of the molecule is CCNC1=CCC(=Nc2cc(C)c(NCC)cc2[OH2+])c2ccccc21. The van der Waals surface area contributed by atoms with E-state index in [2.05, 4.69) is 55.7 Å². The van der Waals surface area contributed by atoms with E-state index in [-0.39, 0.29) is 0 Å². The Bertz CT molecular complexity index is 837. The molecule has 0 radical (unpaired) electrons. The number of nitrogens with one attached hydrogen (secondary N) is 2. The smallest absolute Gasteiger partial charge is 0.282 e. The average molecular weight is 336 g/mol. The zero-order valence-corrected chi connectivity index (χ0v) is 15.1. The fourth-order valence-electron chi connectivity index (χ4n) is 3.16. The Morgan fingerprint density at radius 2 is 1.76 bits per heavy atom. The molecule has 25 heavy (non-hydrogen) atoms. The first-order valence-electron chi connectivity index (χ1n) is 8.85. The van der Waals surface area contributed by atoms with Crippen LogP contribution in [0.1, 0.15) is 37.0 Å². The van der Waals surface area contributed by atoms with Crippen LogP contribution in [0.3, 0.4) is 0 Å². The van der Waals surface area contributed by atoms with E-state index >= 15 is 0 Å². The number of aliphatic imine (C=N–C) groups is 1. The second kappa shape index (κ2) is 7.43. The molecule has 0 amide bonds. The fourth-order valence-corrected chi connectivity index (χ4v) is 3.16. The largest absolute Gasteiger partial charge is 0.592 e. The fraction of sp³-hybridized carbons (Fsp3) is 0.286. The van der Waals surface area contributed by atoms with Crippen molar-refractivity contribution in [1.29, 1.82) is 0 Å². The molecule has 2 aromatic rings. The van der Waals surface area contributed by atoms with Crippen molar-refractivity contribution >= 4 is 22.8 Å². The van der Waals surface area contributed by atoms with E-state index < -0.39 is 0 Å². The van der Waals surface area contributed by atoms with Crippen LogP contribution in [0.2, 0.25) is 0 Å². The normalized spacial score (nSPS) is 14.8. The summed E-state index contributed by atoms with van der Waals surface area (Å²) in [5, 5.41) is 15.0. The second-order valence-corrected chi connectivity index (χ2v) is 6.17. The van der Waals surface area contributed by atoms with Gasteiger partial charge in [0.25, 0.3) is 5.75 Å². The van der Waals surface area contributed by atoms with Crippen LogP contribution in [0, 0.1) is 6.92 Å². The Labute approximate surface area is 149 Å². The second-order valence-electron chi connectivity index (χ2n) is 6.17. The topological polar surface area (TPSA) is 59.3 Å². The molecular weight excluding hydrogens is 310 g/mol. The predicted octanol–water partition coefficient (Wildman–Crippen LogP) is 4.34. The van der Waals surface area contributed by atoms with Crippen molar-refractivity contribution in [2.75, 3.05) is 18.4 Å². The highest BCUT2D eigenvalue weighted by Crippen LogP contribution is 2.34. The summed E-state index contributed by atoms with van der Waals surface area (Å²) in [7, 11) is 0. The van der Waals surface area contributed by atoms with Crippen LogP contribution in [0.15, 0.2) is 47.5 Å². The molecule has 1 aliphatic carbocycles. The summed E-state index contributed by atoms with van der Waals surface area (Å²) >= 11 is 0. The molecule has 0 aliphatic heterocycles. The third-order valence-electron chi connectivity index (χ3n) is 4.36. The molecule has 4 N–H and O–H groups in total. The number of allylic oxidation sites excluding steroid dienone is 1. The minimum absolute atomic E-state index is 0.452. The lowest BCUT2D eigenvalue weighted by molar-refractivity contribution is 0.477. The Hall–Kier alpha value is -2.75. The number of hydrogen-bond donors (Lipinski definition) is 2. The van der Waals surface area contributed by atoms with Gasteiger partial charge in [0.05, 0.1) is 11.8 Å². The van der Waals surface area contributed by atoms with Crippen molar-refractivity contribution in [3.05, 3.63) is 59.2 Å². The molecule has 0 saturated heterocycles. The van der Waals surface area contributed by atoms with E-state index in [1.54, 1.807) is 0 Å². The molecule has 3 rings (SSSR count). The highest BCUT2D eigenvalue weighted by atomic mass is 16.3. The summed E-state index contributed by atoms with van der Waals surface area (Å²) in [4.78, 5) is 4.84. The summed E-state index contributed by atoms with van der Waals surface area (Å²) in [6.45, 7) is 7.96. The highest BCUT2D eigenvalue weighted by Gasteiger charge is 2.18. The maximum atomic E-state index is 8.32. The van der Waals surface area contributed by atoms with Gasteiger partial charge in [-0.3, -0.25) is 0 Å². The van der Waals surface area contributed by atoms with Crippen molar-refractivity contribution in [2.24, 2.45) is 4.99 Å². The molecule has 0 fully saturated rings. The minimum atomic E-state index is 0.452. The van der Waals surface area contributed by atoms with Gasteiger partial charge in [0.1, 0.15) is 0 Å². The summed E-state index contributed by atoms with van der Waals surface area (Å²) < 4.78 is 0. The van der Waals surface area contributed by atoms with E-state index in [1.165, 1.54) is 11.3 Å². The first-order chi connectivity index (χ1) is 12.1. The van der Waals surface area contributed by atoms with E-state index in [0.29, 0.717) is 5.75 Å². The van der Waals surface area contributed by atoms with Gasteiger partial charge in [-0.15, -0.1) is 0 Å². The molecule has 0 bridgehead atoms. The van der Waals surface area contributed by atoms with Crippen LogP contribution in [0.25, 0.3) is 5.70 Å². The van der Waals surface area contributed by atoms with E-state index in [4.69, 9.17) is 10.1 Å². The van der Waals surface area contributed by atoms with E-state index in [1.807, 2.05) is 18.2 Å². The minimum Gasteiger partial charge on any atom is -0.592 e. The number of fused-ring (bicyclic) bond motifs is 1. The first kappa shape index (κ1) is 17.1. The molecular formula is C21H26N3O+. The lowest BCUT2D eigenvalue weighted by atomic mass is 9.92. The van der Waals surface area contributed by atoms with Gasteiger partial charge >= 0.3 is 0 Å². The third kappa shape index (κ3) is 3.53. The molecule has 0 spiro atoms. The lowest BCUT2D eigenvalue weighted by Gasteiger charge is -2.20. The summed E-state index contributed by atoms with van der Waals surface area (Å²) in [5.74, 6) is 0.452. The summed E-state index contributed by atoms with van der Waals surface area (Å²) in [5.41, 5.74) is 7.36. The van der Waals surface area contributed by atoms with Gasteiger partial charge in [-0.2, -0.15) is 0 Å². The van der Waals surface area contributed by atoms with Gasteiger partial charge < -0.3 is 15.7 Å². The summed E-state index contributed by atoms with van der Waals surface area (Å²) in [6.07, 6.45) is 2.96. The van der Waals surface area contributed by atoms with Crippen LogP contribution in [-0.2, 0) is 0 Å². The Kier molecular flexibility index (Phi) is 5.08. The molecule has 2 aromatic carbocycles. The van der Waals surface area contributed by atoms with Crippen LogP contribution in [-0.4, -0.2) is 23.9 Å². The first-order valence-corrected chi connectivity index (χ1v) is 8.85. The molecule has 1 aliphatic rings. The standard InChI is InChI=1S/C21H25N3O/c1-4-22-17-10-11-18(16-9-7-6-8-15(16)17)24-20-12-14(3)19(23-5-2)13-21(20)25/h6-10,12-13,22-23,25H,4-5,11H2,1-3H3/p+1. The van der Waals surface area contributed by atoms with Crippen molar-refractivity contribution in [1.82, 2.24) is 5.32 Å². The van der Waals surface area contributed by atoms with Crippen molar-refractivity contribution < 1.29 is 5.11 Å². The van der Waals surface area contributed by atoms with Gasteiger partial charge in [0.15, 0.2) is 5.69 Å². The zero-order valence-electron chi connectivity index (χ0n) is 15.1. The highest BCUT2D eigenvalue weighted by molar-refractivity contribution is 6.09. The number of nitrogens with zero attached hydrogens (tertiary/aromatic N) is 1. The Morgan fingerprint density at radius 3 is 2.48 bits per heavy atom. The zero-order chi connectivity index (χ0) is 17.8. The van der Waals surface area contributed by atoms with Crippen molar-refractivity contribution in [3.63, 3.8) is 0 Å². The molecule has 0 atom stereocenters. The Balaban J connectivity index is 2.02. The number of aryl methyl sites for hydroxylation is 1. The monoisotopic (exact) mass is 336 g/mol. The lowest BCUT2D eigenvalue weighted by Crippen LogP contribution is -2.18. The molecule has 0 unspecified atom stereocenters. The molecule has 0 aromatic heterocycles. The third-order valence-corrected chi connectivity index (χ3v) is 4.36. The number of anilines is 1. The Morgan fingerprint density at radius 1 is 1.04 bits per heavy atom. The molecule has 130 valence electrons.